The lowest BCUT2D eigenvalue weighted by atomic mass is 9.77. The van der Waals surface area contributed by atoms with Gasteiger partial charge in [-0.1, -0.05) is 30.2 Å². The van der Waals surface area contributed by atoms with Crippen LogP contribution in [-0.2, 0) is 14.3 Å². The number of hydrogen-bond acceptors (Lipinski definition) is 3. The summed E-state index contributed by atoms with van der Waals surface area (Å²) in [6.45, 7) is 8.78. The summed E-state index contributed by atoms with van der Waals surface area (Å²) < 4.78 is 11.3. The molecule has 3 heteroatoms. The summed E-state index contributed by atoms with van der Waals surface area (Å²) in [6.07, 6.45) is 14.4. The molecule has 1 aliphatic heterocycles. The van der Waals surface area contributed by atoms with Crippen molar-refractivity contribution in [3.63, 3.8) is 0 Å². The molecule has 0 aromatic carbocycles. The Kier molecular flexibility index (Phi) is 7.09. The Bertz CT molecular complexity index is 491. The highest BCUT2D eigenvalue weighted by molar-refractivity contribution is 5.65. The highest BCUT2D eigenvalue weighted by atomic mass is 16.6. The minimum Gasteiger partial charge on any atom is -0.466 e. The lowest BCUT2D eigenvalue weighted by Gasteiger charge is -2.28. The Balaban J connectivity index is 2.00. The molecule has 0 N–H and O–H groups in total. The van der Waals surface area contributed by atoms with Gasteiger partial charge < -0.3 is 9.47 Å². The van der Waals surface area contributed by atoms with Crippen LogP contribution in [0.1, 0.15) is 79.1 Å². The highest BCUT2D eigenvalue weighted by Crippen LogP contribution is 2.46. The lowest BCUT2D eigenvalue weighted by Crippen LogP contribution is -2.27. The third kappa shape index (κ3) is 6.08. The van der Waals surface area contributed by atoms with Gasteiger partial charge in [0.1, 0.15) is 0 Å². The fraction of sp³-hybridized carbons (Fsp3) is 0.762. The molecule has 136 valence electrons. The summed E-state index contributed by atoms with van der Waals surface area (Å²) in [4.78, 5) is 11.1. The van der Waals surface area contributed by atoms with E-state index in [-0.39, 0.29) is 11.4 Å². The third-order valence-corrected chi connectivity index (χ3v) is 5.55. The minimum absolute atomic E-state index is 0.103. The van der Waals surface area contributed by atoms with Gasteiger partial charge in [-0.25, -0.2) is 0 Å². The van der Waals surface area contributed by atoms with Crippen molar-refractivity contribution in [1.82, 2.24) is 0 Å². The Hall–Kier alpha value is -1.09. The van der Waals surface area contributed by atoms with E-state index in [9.17, 15) is 4.79 Å². The first-order valence-electron chi connectivity index (χ1n) is 9.51. The smallest absolute Gasteiger partial charge is 0.302 e. The number of epoxide rings is 1. The Morgan fingerprint density at radius 2 is 1.96 bits per heavy atom. The molecule has 1 aliphatic carbocycles. The van der Waals surface area contributed by atoms with Crippen molar-refractivity contribution in [2.45, 2.75) is 91.3 Å². The largest absolute Gasteiger partial charge is 0.466 e. The van der Waals surface area contributed by atoms with Crippen molar-refractivity contribution in [2.75, 3.05) is 6.61 Å². The van der Waals surface area contributed by atoms with Crippen molar-refractivity contribution in [3.05, 3.63) is 23.3 Å². The van der Waals surface area contributed by atoms with E-state index in [4.69, 9.17) is 9.47 Å². The van der Waals surface area contributed by atoms with Crippen LogP contribution in [0, 0.1) is 5.41 Å². The Labute approximate surface area is 147 Å². The second-order valence-electron chi connectivity index (χ2n) is 7.91. The number of fused-ring (bicyclic) bond motifs is 1. The van der Waals surface area contributed by atoms with Crippen LogP contribution in [0.5, 0.6) is 0 Å². The standard InChI is InChI=1S/C21H34O3/c1-16-8-5-9-17(2)11-7-13-21(4,14-15-23-18(3)22)20-19(24-20)12-6-10-16/h8,11,19-20H,5-7,9-10,12-15H2,1-4H3/b16-8+,17-11+/t19-,20+,21+/m0/s1. The predicted molar refractivity (Wildman–Crippen MR) is 97.9 cm³/mol. The van der Waals surface area contributed by atoms with Gasteiger partial charge in [0, 0.05) is 6.92 Å². The molecule has 24 heavy (non-hydrogen) atoms. The number of ether oxygens (including phenoxy) is 2. The minimum atomic E-state index is -0.189. The SMILES string of the molecule is CC(=O)OCC[C@@]1(C)CC/C=C(\C)CC/C=C(\C)CCC[C@@H]2O[C@H]21. The fourth-order valence-electron chi connectivity index (χ4n) is 3.79. The quantitative estimate of drug-likeness (QED) is 0.397. The van der Waals surface area contributed by atoms with Crippen molar-refractivity contribution in [2.24, 2.45) is 5.41 Å². The van der Waals surface area contributed by atoms with Gasteiger partial charge >= 0.3 is 5.97 Å². The molecule has 0 radical (unpaired) electrons. The first-order valence-corrected chi connectivity index (χ1v) is 9.51. The summed E-state index contributed by atoms with van der Waals surface area (Å²) in [5.41, 5.74) is 3.09. The van der Waals surface area contributed by atoms with Gasteiger partial charge in [-0.05, 0) is 70.6 Å². The average molecular weight is 335 g/mol. The van der Waals surface area contributed by atoms with Gasteiger partial charge in [0.15, 0.2) is 0 Å². The summed E-state index contributed by atoms with van der Waals surface area (Å²) in [6, 6.07) is 0. The molecule has 1 fully saturated rings. The van der Waals surface area contributed by atoms with E-state index >= 15 is 0 Å². The molecule has 3 nitrogen and oxygen atoms in total. The summed E-state index contributed by atoms with van der Waals surface area (Å²) in [5, 5.41) is 0. The van der Waals surface area contributed by atoms with Crippen LogP contribution < -0.4 is 0 Å². The number of allylic oxidation sites excluding steroid dienone is 4. The van der Waals surface area contributed by atoms with Crippen LogP contribution in [0.2, 0.25) is 0 Å². The molecule has 0 unspecified atom stereocenters. The molecule has 0 aromatic heterocycles. The van der Waals surface area contributed by atoms with Gasteiger partial charge in [-0.2, -0.15) is 0 Å². The van der Waals surface area contributed by atoms with Crippen LogP contribution >= 0.6 is 0 Å². The van der Waals surface area contributed by atoms with Gasteiger partial charge in [-0.15, -0.1) is 0 Å². The first kappa shape index (κ1) is 19.2. The predicted octanol–water partition coefficient (Wildman–Crippen LogP) is 5.35. The second-order valence-corrected chi connectivity index (χ2v) is 7.91. The molecule has 2 rings (SSSR count). The van der Waals surface area contributed by atoms with Crippen molar-refractivity contribution >= 4 is 5.97 Å². The van der Waals surface area contributed by atoms with Crippen LogP contribution in [-0.4, -0.2) is 24.8 Å². The van der Waals surface area contributed by atoms with Crippen molar-refractivity contribution in [3.8, 4) is 0 Å². The number of carbonyl (C=O) groups is 1. The van der Waals surface area contributed by atoms with E-state index in [0.717, 1.165) is 38.5 Å². The molecule has 0 saturated carbocycles. The number of carbonyl (C=O) groups excluding carboxylic acids is 1. The maximum absolute atomic E-state index is 11.1. The molecular weight excluding hydrogens is 300 g/mol. The molecule has 0 spiro atoms. The lowest BCUT2D eigenvalue weighted by molar-refractivity contribution is -0.141. The van der Waals surface area contributed by atoms with Gasteiger partial charge in [0.2, 0.25) is 0 Å². The molecule has 1 saturated heterocycles. The second kappa shape index (κ2) is 8.84. The zero-order valence-electron chi connectivity index (χ0n) is 15.9. The monoisotopic (exact) mass is 334 g/mol. The van der Waals surface area contributed by atoms with E-state index in [1.54, 1.807) is 0 Å². The van der Waals surface area contributed by atoms with Gasteiger partial charge in [0.05, 0.1) is 18.8 Å². The summed E-state index contributed by atoms with van der Waals surface area (Å²) in [7, 11) is 0. The molecule has 1 heterocycles. The number of rotatable bonds is 3. The molecule has 3 atom stereocenters. The van der Waals surface area contributed by atoms with E-state index in [2.05, 4.69) is 32.9 Å². The zero-order valence-corrected chi connectivity index (χ0v) is 15.9. The summed E-state index contributed by atoms with van der Waals surface area (Å²) in [5.74, 6) is -0.189. The van der Waals surface area contributed by atoms with E-state index in [1.165, 1.54) is 30.9 Å². The van der Waals surface area contributed by atoms with E-state index in [1.807, 2.05) is 0 Å². The maximum Gasteiger partial charge on any atom is 0.302 e. The van der Waals surface area contributed by atoms with E-state index < -0.39 is 0 Å². The number of esters is 1. The van der Waals surface area contributed by atoms with Crippen molar-refractivity contribution in [1.29, 1.82) is 0 Å². The molecular formula is C21H34O3. The molecule has 2 aliphatic rings. The number of hydrogen-bond donors (Lipinski definition) is 0. The fourth-order valence-corrected chi connectivity index (χ4v) is 3.79. The van der Waals surface area contributed by atoms with Crippen LogP contribution in [0.3, 0.4) is 0 Å². The summed E-state index contributed by atoms with van der Waals surface area (Å²) >= 11 is 0. The third-order valence-electron chi connectivity index (χ3n) is 5.55. The molecule has 0 aromatic rings. The maximum atomic E-state index is 11.1. The highest BCUT2D eigenvalue weighted by Gasteiger charge is 2.50. The van der Waals surface area contributed by atoms with Crippen LogP contribution in [0.15, 0.2) is 23.3 Å². The van der Waals surface area contributed by atoms with Gasteiger partial charge in [-0.3, -0.25) is 4.79 Å². The van der Waals surface area contributed by atoms with Gasteiger partial charge in [0.25, 0.3) is 0 Å². The average Bonchev–Trinajstić information content (AvgIpc) is 3.26. The topological polar surface area (TPSA) is 38.8 Å². The van der Waals surface area contributed by atoms with Crippen LogP contribution in [0.4, 0.5) is 0 Å². The normalized spacial score (nSPS) is 36.3. The van der Waals surface area contributed by atoms with Crippen molar-refractivity contribution < 1.29 is 14.3 Å². The van der Waals surface area contributed by atoms with Crippen LogP contribution in [0.25, 0.3) is 0 Å². The molecule has 0 amide bonds. The Morgan fingerprint density at radius 3 is 2.71 bits per heavy atom. The Morgan fingerprint density at radius 1 is 1.25 bits per heavy atom. The first-order chi connectivity index (χ1) is 11.4. The zero-order chi connectivity index (χ0) is 17.6. The van der Waals surface area contributed by atoms with E-state index in [0.29, 0.717) is 18.8 Å². The molecule has 0 bridgehead atoms.